The van der Waals surface area contributed by atoms with Crippen molar-refractivity contribution in [2.24, 2.45) is 0 Å². The van der Waals surface area contributed by atoms with Crippen LogP contribution in [0, 0.1) is 18.6 Å². The van der Waals surface area contributed by atoms with E-state index in [0.717, 1.165) is 16.8 Å². The number of hydrogen-bond donors (Lipinski definition) is 1. The highest BCUT2D eigenvalue weighted by Crippen LogP contribution is 2.30. The van der Waals surface area contributed by atoms with Gasteiger partial charge in [-0.05, 0) is 55.5 Å². The van der Waals surface area contributed by atoms with Crippen molar-refractivity contribution in [3.05, 3.63) is 71.4 Å². The van der Waals surface area contributed by atoms with E-state index >= 15 is 0 Å². The van der Waals surface area contributed by atoms with Crippen molar-refractivity contribution in [2.45, 2.75) is 17.8 Å². The molecule has 0 unspecified atom stereocenters. The summed E-state index contributed by atoms with van der Waals surface area (Å²) >= 11 is 1.35. The Balaban J connectivity index is 1.51. The van der Waals surface area contributed by atoms with E-state index in [1.165, 1.54) is 40.7 Å². The van der Waals surface area contributed by atoms with E-state index in [1.807, 2.05) is 6.92 Å². The predicted molar refractivity (Wildman–Crippen MR) is 102 cm³/mol. The third kappa shape index (κ3) is 3.48. The molecule has 4 aromatic rings. The first kappa shape index (κ1) is 18.2. The zero-order chi connectivity index (χ0) is 19.7. The molecule has 4 rings (SSSR count). The molecule has 0 radical (unpaired) electrons. The van der Waals surface area contributed by atoms with E-state index in [4.69, 9.17) is 10.4 Å². The van der Waals surface area contributed by atoms with Crippen LogP contribution in [0.2, 0.25) is 0 Å². The summed E-state index contributed by atoms with van der Waals surface area (Å²) in [6.45, 7) is 1.89. The van der Waals surface area contributed by atoms with E-state index in [1.54, 1.807) is 24.3 Å². The second-order valence-corrected chi connectivity index (χ2v) is 7.00. The summed E-state index contributed by atoms with van der Waals surface area (Å²) in [6, 6.07) is 11.9. The van der Waals surface area contributed by atoms with Crippen LogP contribution in [-0.4, -0.2) is 20.0 Å². The second-order valence-electron chi connectivity index (χ2n) is 6.06. The number of nitrogen functional groups attached to an aromatic ring is 1. The molecule has 0 spiro atoms. The maximum Gasteiger partial charge on any atom is 0.210 e. The molecule has 0 bridgehead atoms. The molecule has 6 nitrogen and oxygen atoms in total. The third-order valence-corrected chi connectivity index (χ3v) is 5.19. The Bertz CT molecular complexity index is 1020. The first-order chi connectivity index (χ1) is 13.5. The van der Waals surface area contributed by atoms with Gasteiger partial charge in [0.05, 0.1) is 5.69 Å². The van der Waals surface area contributed by atoms with E-state index < -0.39 is 0 Å². The first-order valence-electron chi connectivity index (χ1n) is 8.33. The quantitative estimate of drug-likeness (QED) is 0.400. The average molecular weight is 399 g/mol. The summed E-state index contributed by atoms with van der Waals surface area (Å²) in [7, 11) is 0. The molecule has 0 aliphatic carbocycles. The van der Waals surface area contributed by atoms with Gasteiger partial charge in [-0.1, -0.05) is 16.9 Å². The van der Waals surface area contributed by atoms with Gasteiger partial charge >= 0.3 is 0 Å². The molecular formula is C19H15F2N5OS. The Morgan fingerprint density at radius 2 is 1.57 bits per heavy atom. The Labute approximate surface area is 163 Å². The van der Waals surface area contributed by atoms with Crippen molar-refractivity contribution in [1.29, 1.82) is 0 Å². The predicted octanol–water partition coefficient (Wildman–Crippen LogP) is 4.19. The number of benzene rings is 2. The average Bonchev–Trinajstić information content (AvgIpc) is 3.24. The normalized spacial score (nSPS) is 11.1. The van der Waals surface area contributed by atoms with E-state index in [0.29, 0.717) is 28.1 Å². The molecule has 0 amide bonds. The monoisotopic (exact) mass is 399 g/mol. The van der Waals surface area contributed by atoms with Crippen molar-refractivity contribution in [2.75, 3.05) is 5.84 Å². The van der Waals surface area contributed by atoms with Crippen LogP contribution >= 0.6 is 11.8 Å². The maximum atomic E-state index is 13.1. The van der Waals surface area contributed by atoms with Gasteiger partial charge in [-0.2, -0.15) is 0 Å². The molecule has 0 aliphatic rings. The van der Waals surface area contributed by atoms with E-state index in [-0.39, 0.29) is 11.6 Å². The Morgan fingerprint density at radius 3 is 2.21 bits per heavy atom. The molecule has 0 saturated heterocycles. The minimum Gasteiger partial charge on any atom is -0.356 e. The molecule has 0 fully saturated rings. The highest BCUT2D eigenvalue weighted by molar-refractivity contribution is 7.98. The second kappa shape index (κ2) is 7.43. The SMILES string of the molecule is Cc1c(CSc2nnc(-c3ccc(F)cc3)n2N)noc1-c1ccc(F)cc1. The van der Waals surface area contributed by atoms with Gasteiger partial charge in [0.2, 0.25) is 5.16 Å². The fraction of sp³-hybridized carbons (Fsp3) is 0.105. The number of halogens is 2. The van der Waals surface area contributed by atoms with Gasteiger partial charge in [0, 0.05) is 22.4 Å². The van der Waals surface area contributed by atoms with Gasteiger partial charge in [0.25, 0.3) is 0 Å². The highest BCUT2D eigenvalue weighted by atomic mass is 32.2. The van der Waals surface area contributed by atoms with Crippen LogP contribution in [-0.2, 0) is 5.75 Å². The van der Waals surface area contributed by atoms with Crippen LogP contribution in [0.1, 0.15) is 11.3 Å². The van der Waals surface area contributed by atoms with Crippen LogP contribution < -0.4 is 5.84 Å². The standard InChI is InChI=1S/C19H15F2N5OS/c1-11-16(25-27-17(11)12-2-6-14(20)7-3-12)10-28-19-24-23-18(26(19)22)13-4-8-15(21)9-5-13/h2-9H,10,22H2,1H3. The highest BCUT2D eigenvalue weighted by Gasteiger charge is 2.17. The fourth-order valence-electron chi connectivity index (χ4n) is 2.68. The van der Waals surface area contributed by atoms with E-state index in [9.17, 15) is 8.78 Å². The summed E-state index contributed by atoms with van der Waals surface area (Å²) in [6.07, 6.45) is 0. The maximum absolute atomic E-state index is 13.1. The van der Waals surface area contributed by atoms with E-state index in [2.05, 4.69) is 15.4 Å². The summed E-state index contributed by atoms with van der Waals surface area (Å²) in [5.74, 6) is 6.94. The van der Waals surface area contributed by atoms with Crippen LogP contribution in [0.5, 0.6) is 0 Å². The van der Waals surface area contributed by atoms with Crippen molar-refractivity contribution in [3.8, 4) is 22.7 Å². The lowest BCUT2D eigenvalue weighted by atomic mass is 10.1. The largest absolute Gasteiger partial charge is 0.356 e. The summed E-state index contributed by atoms with van der Waals surface area (Å²) < 4.78 is 33.0. The topological polar surface area (TPSA) is 82.8 Å². The minimum atomic E-state index is -0.333. The Hall–Kier alpha value is -3.20. The number of nitrogens with two attached hydrogens (primary N) is 1. The lowest BCUT2D eigenvalue weighted by Crippen LogP contribution is -2.11. The van der Waals surface area contributed by atoms with Crippen molar-refractivity contribution >= 4 is 11.8 Å². The summed E-state index contributed by atoms with van der Waals surface area (Å²) in [5, 5.41) is 12.8. The third-order valence-electron chi connectivity index (χ3n) is 4.23. The zero-order valence-corrected chi connectivity index (χ0v) is 15.6. The molecular weight excluding hydrogens is 384 g/mol. The molecule has 0 atom stereocenters. The van der Waals surface area contributed by atoms with Crippen LogP contribution in [0.4, 0.5) is 8.78 Å². The smallest absolute Gasteiger partial charge is 0.210 e. The Kier molecular flexibility index (Phi) is 4.82. The summed E-state index contributed by atoms with van der Waals surface area (Å²) in [5.41, 5.74) is 3.01. The van der Waals surface area contributed by atoms with Gasteiger partial charge in [-0.15, -0.1) is 10.2 Å². The lowest BCUT2D eigenvalue weighted by Gasteiger charge is -2.03. The minimum absolute atomic E-state index is 0.309. The van der Waals surface area contributed by atoms with Crippen LogP contribution in [0.3, 0.4) is 0 Å². The molecule has 2 aromatic carbocycles. The number of thioether (sulfide) groups is 1. The number of aromatic nitrogens is 4. The van der Waals surface area contributed by atoms with Crippen molar-refractivity contribution in [3.63, 3.8) is 0 Å². The van der Waals surface area contributed by atoms with Crippen molar-refractivity contribution in [1.82, 2.24) is 20.0 Å². The van der Waals surface area contributed by atoms with Gasteiger partial charge in [0.15, 0.2) is 11.6 Å². The van der Waals surface area contributed by atoms with Gasteiger partial charge < -0.3 is 10.4 Å². The first-order valence-corrected chi connectivity index (χ1v) is 9.32. The number of rotatable bonds is 5. The molecule has 2 aromatic heterocycles. The number of hydrogen-bond acceptors (Lipinski definition) is 6. The van der Waals surface area contributed by atoms with Crippen molar-refractivity contribution < 1.29 is 13.3 Å². The van der Waals surface area contributed by atoms with Gasteiger partial charge in [-0.3, -0.25) is 0 Å². The molecule has 9 heteroatoms. The molecule has 2 heterocycles. The number of nitrogens with zero attached hydrogens (tertiary/aromatic N) is 4. The fourth-order valence-corrected chi connectivity index (χ4v) is 3.54. The van der Waals surface area contributed by atoms with Gasteiger partial charge in [0.1, 0.15) is 11.6 Å². The van der Waals surface area contributed by atoms with Crippen LogP contribution in [0.25, 0.3) is 22.7 Å². The molecule has 0 saturated carbocycles. The Morgan fingerprint density at radius 1 is 0.964 bits per heavy atom. The molecule has 0 aliphatic heterocycles. The lowest BCUT2D eigenvalue weighted by molar-refractivity contribution is 0.426. The van der Waals surface area contributed by atoms with Gasteiger partial charge in [-0.25, -0.2) is 13.5 Å². The zero-order valence-electron chi connectivity index (χ0n) is 14.8. The molecule has 142 valence electrons. The van der Waals surface area contributed by atoms with Crippen LogP contribution in [0.15, 0.2) is 58.2 Å². The molecule has 28 heavy (non-hydrogen) atoms. The molecule has 2 N–H and O–H groups in total. The summed E-state index contributed by atoms with van der Waals surface area (Å²) in [4.78, 5) is 0.